The number of aromatic nitrogens is 6. The molecule has 422 valence electrons. The van der Waals surface area contributed by atoms with Crippen LogP contribution in [0.4, 0.5) is 0 Å². The number of rotatable bonds is 4. The zero-order valence-corrected chi connectivity index (χ0v) is 49.5. The lowest BCUT2D eigenvalue weighted by molar-refractivity contribution is 0.236. The van der Waals surface area contributed by atoms with Crippen molar-refractivity contribution in [3.05, 3.63) is 176 Å². The zero-order valence-electron chi connectivity index (χ0n) is 47.9. The summed E-state index contributed by atoms with van der Waals surface area (Å²) in [5.41, 5.74) is 22.0. The maximum Gasteiger partial charge on any atom is 0.180 e. The average molecular weight is 1140 g/mol. The van der Waals surface area contributed by atoms with E-state index in [1.54, 1.807) is 41.3 Å². The van der Waals surface area contributed by atoms with E-state index in [1.807, 2.05) is 64.1 Å². The van der Waals surface area contributed by atoms with E-state index in [9.17, 15) is 0 Å². The Balaban J connectivity index is 0.000000104. The summed E-state index contributed by atoms with van der Waals surface area (Å²) >= 11 is 3.36. The molecule has 4 atom stereocenters. The van der Waals surface area contributed by atoms with E-state index >= 15 is 0 Å². The van der Waals surface area contributed by atoms with Gasteiger partial charge in [0.2, 0.25) is 0 Å². The van der Waals surface area contributed by atoms with Gasteiger partial charge in [-0.3, -0.25) is 15.0 Å². The molecule has 4 aromatic heterocycles. The smallest absolute Gasteiger partial charge is 0.180 e. The summed E-state index contributed by atoms with van der Waals surface area (Å²) in [5.74, 6) is 3.32. The maximum absolute atomic E-state index is 5.62. The van der Waals surface area contributed by atoms with Crippen molar-refractivity contribution in [3.63, 3.8) is 0 Å². The van der Waals surface area contributed by atoms with Gasteiger partial charge >= 0.3 is 0 Å². The van der Waals surface area contributed by atoms with E-state index in [0.29, 0.717) is 13.2 Å². The van der Waals surface area contributed by atoms with Crippen LogP contribution in [0.1, 0.15) is 104 Å². The molecule has 16 rings (SSSR count). The van der Waals surface area contributed by atoms with Crippen molar-refractivity contribution in [1.82, 2.24) is 29.9 Å². The van der Waals surface area contributed by atoms with Gasteiger partial charge < -0.3 is 18.9 Å². The number of thiazole rings is 2. The number of hydrogen-bond acceptors (Lipinski definition) is 16. The standard InChI is InChI=1S/C18H19N3O.C17H17N3O.2C16H16N2OS/c1-12-9-19-10-17(20-12)16-5-3-4-14-8-18(7-6-15(14)16)11-22-13(2)21-18;1-12-20-17(11-21-12)6-5-14-13(9-17)3-2-4-15(14)16-10-18-7-8-19-16;1-11-18-16(9-19-11)6-5-13-12(7-16)3-2-4-14(13)15-8-20-10-17-15;1-11-18-16(10-19-11)6-5-13-12(9-16)3-2-4-14(13)15-17-7-8-20-15/h3-5,9-10H,6-8,11H2,1-2H3;2-4,7-8,10H,5-6,9,11H2,1H3;2-4,8,10H,5-7,9H2,1H3;2-4,7-8H,5-6,9-10H2,1H3. The summed E-state index contributed by atoms with van der Waals surface area (Å²) in [4.78, 5) is 45.5. The molecule has 0 amide bonds. The molecule has 8 aromatic rings. The molecule has 4 aromatic carbocycles. The molecule has 14 nitrogen and oxygen atoms in total. The molecule has 0 N–H and O–H groups in total. The fourth-order valence-corrected chi connectivity index (χ4v) is 14.9. The van der Waals surface area contributed by atoms with Crippen LogP contribution in [0.5, 0.6) is 0 Å². The normalized spacial score (nSPS) is 23.8. The van der Waals surface area contributed by atoms with Crippen LogP contribution in [0.3, 0.4) is 0 Å². The lowest BCUT2D eigenvalue weighted by Crippen LogP contribution is -2.35. The number of aryl methyl sites for hydroxylation is 1. The third-order valence-electron chi connectivity index (χ3n) is 17.6. The van der Waals surface area contributed by atoms with E-state index in [-0.39, 0.29) is 22.2 Å². The summed E-state index contributed by atoms with van der Waals surface area (Å²) < 4.78 is 22.4. The highest BCUT2D eigenvalue weighted by atomic mass is 32.1. The predicted molar refractivity (Wildman–Crippen MR) is 330 cm³/mol. The molecule has 4 spiro atoms. The van der Waals surface area contributed by atoms with Crippen LogP contribution < -0.4 is 0 Å². The van der Waals surface area contributed by atoms with Crippen molar-refractivity contribution >= 4 is 46.3 Å². The summed E-state index contributed by atoms with van der Waals surface area (Å²) in [6.07, 6.45) is 23.0. The second kappa shape index (κ2) is 22.7. The van der Waals surface area contributed by atoms with Crippen molar-refractivity contribution in [1.29, 1.82) is 0 Å². The fraction of sp³-hybridized carbons (Fsp3) is 0.373. The number of aliphatic imine (C=N–C) groups is 4. The molecule has 4 aliphatic carbocycles. The molecule has 4 unspecified atom stereocenters. The van der Waals surface area contributed by atoms with Crippen LogP contribution >= 0.6 is 22.7 Å². The first-order valence-corrected chi connectivity index (χ1v) is 30.8. The van der Waals surface area contributed by atoms with Crippen molar-refractivity contribution in [3.8, 4) is 44.3 Å². The quantitative estimate of drug-likeness (QED) is 0.166. The fourth-order valence-electron chi connectivity index (χ4n) is 13.7. The molecular weight excluding hydrogens is 1070 g/mol. The molecule has 0 bridgehead atoms. The highest BCUT2D eigenvalue weighted by molar-refractivity contribution is 7.13. The van der Waals surface area contributed by atoms with E-state index in [1.165, 1.54) is 66.8 Å². The number of benzene rings is 4. The number of fused-ring (bicyclic) bond motifs is 4. The molecule has 16 heteroatoms. The van der Waals surface area contributed by atoms with Crippen molar-refractivity contribution in [2.75, 3.05) is 26.4 Å². The SMILES string of the molecule is CC1=NC2(CCc3c(cccc3-c3cncc(C)n3)C2)CO1.CC1=NC2(CCc3c(cccc3-c3cnccn3)C2)CO1.CC1=NC2(CCc3c(cccc3-c3cscn3)C2)CO1.CC1=NC2(CCc3c(cccc3-c3nccs3)C2)CO1. The zero-order chi connectivity index (χ0) is 56.6. The second-order valence-electron chi connectivity index (χ2n) is 23.4. The number of nitrogens with zero attached hydrogens (tertiary/aromatic N) is 10. The molecule has 8 aliphatic rings. The first kappa shape index (κ1) is 54.4. The highest BCUT2D eigenvalue weighted by Crippen LogP contribution is 2.43. The Kier molecular flexibility index (Phi) is 14.9. The summed E-state index contributed by atoms with van der Waals surface area (Å²) in [7, 11) is 0. The predicted octanol–water partition coefficient (Wildman–Crippen LogP) is 12.9. The van der Waals surface area contributed by atoms with Crippen molar-refractivity contribution in [2.24, 2.45) is 20.0 Å². The molecule has 0 fully saturated rings. The molecular formula is C67H68N10O4S2. The summed E-state index contributed by atoms with van der Waals surface area (Å²) in [6.45, 7) is 12.7. The Morgan fingerprint density at radius 1 is 0.422 bits per heavy atom. The van der Waals surface area contributed by atoms with Crippen molar-refractivity contribution in [2.45, 2.75) is 134 Å². The topological polar surface area (TPSA) is 164 Å². The van der Waals surface area contributed by atoms with E-state index in [0.717, 1.165) is 142 Å². The van der Waals surface area contributed by atoms with Gasteiger partial charge in [-0.25, -0.2) is 34.9 Å². The molecule has 4 aliphatic heterocycles. The Hall–Kier alpha value is -7.82. The second-order valence-corrected chi connectivity index (χ2v) is 25.0. The monoisotopic (exact) mass is 1140 g/mol. The third-order valence-corrected chi connectivity index (χ3v) is 18.9. The molecule has 83 heavy (non-hydrogen) atoms. The summed E-state index contributed by atoms with van der Waals surface area (Å²) in [5, 5.41) is 5.29. The lowest BCUT2D eigenvalue weighted by Gasteiger charge is -2.31. The van der Waals surface area contributed by atoms with Gasteiger partial charge in [-0.15, -0.1) is 22.7 Å². The van der Waals surface area contributed by atoms with E-state index in [4.69, 9.17) is 38.9 Å². The Labute approximate surface area is 493 Å². The van der Waals surface area contributed by atoms with Gasteiger partial charge in [-0.05, 0) is 103 Å². The number of hydrogen-bond donors (Lipinski definition) is 0. The van der Waals surface area contributed by atoms with Gasteiger partial charge in [-0.2, -0.15) is 0 Å². The highest BCUT2D eigenvalue weighted by Gasteiger charge is 2.43. The van der Waals surface area contributed by atoms with Crippen molar-refractivity contribution < 1.29 is 18.9 Å². The van der Waals surface area contributed by atoms with Gasteiger partial charge in [0.15, 0.2) is 23.6 Å². The molecule has 8 heterocycles. The first-order valence-electron chi connectivity index (χ1n) is 29.0. The Morgan fingerprint density at radius 2 is 0.855 bits per heavy atom. The van der Waals surface area contributed by atoms with Crippen LogP contribution in [0.2, 0.25) is 0 Å². The van der Waals surface area contributed by atoms with Gasteiger partial charge in [0, 0.05) is 111 Å². The third kappa shape index (κ3) is 11.4. The van der Waals surface area contributed by atoms with Crippen LogP contribution in [-0.4, -0.2) is 102 Å². The molecule has 0 radical (unpaired) electrons. The van der Waals surface area contributed by atoms with Gasteiger partial charge in [0.05, 0.1) is 40.7 Å². The van der Waals surface area contributed by atoms with E-state index in [2.05, 4.69) is 108 Å². The van der Waals surface area contributed by atoms with E-state index < -0.39 is 0 Å². The minimum absolute atomic E-state index is 0.0153. The van der Waals surface area contributed by atoms with Crippen LogP contribution in [-0.2, 0) is 70.3 Å². The minimum atomic E-state index is -0.0476. The lowest BCUT2D eigenvalue weighted by atomic mass is 9.77. The molecule has 0 saturated carbocycles. The maximum atomic E-state index is 5.62. The first-order chi connectivity index (χ1) is 40.4. The minimum Gasteiger partial charge on any atom is -0.479 e. The summed E-state index contributed by atoms with van der Waals surface area (Å²) in [6, 6.07) is 26.1. The van der Waals surface area contributed by atoms with Crippen LogP contribution in [0, 0.1) is 6.92 Å². The average Bonchev–Trinajstić information content (AvgIpc) is 4.60. The van der Waals surface area contributed by atoms with Gasteiger partial charge in [0.25, 0.3) is 0 Å². The molecule has 0 saturated heterocycles. The number of ether oxygens (including phenoxy) is 4. The largest absolute Gasteiger partial charge is 0.479 e. The Morgan fingerprint density at radius 3 is 1.24 bits per heavy atom. The van der Waals surface area contributed by atoms with Crippen LogP contribution in [0.15, 0.2) is 146 Å². The van der Waals surface area contributed by atoms with Crippen LogP contribution in [0.25, 0.3) is 44.3 Å². The van der Waals surface area contributed by atoms with Gasteiger partial charge in [0.1, 0.15) is 53.6 Å². The Bertz CT molecular complexity index is 3710. The van der Waals surface area contributed by atoms with Gasteiger partial charge in [-0.1, -0.05) is 72.8 Å².